The Kier molecular flexibility index (Phi) is 4.38. The van der Waals surface area contributed by atoms with Crippen molar-refractivity contribution in [2.24, 2.45) is 5.73 Å². The molecule has 3 N–H and O–H groups in total. The number of carboxylic acid groups (broad SMARTS) is 1. The van der Waals surface area contributed by atoms with Crippen LogP contribution in [0.5, 0.6) is 11.5 Å². The lowest BCUT2D eigenvalue weighted by atomic mass is 10.0. The van der Waals surface area contributed by atoms with E-state index >= 15 is 0 Å². The van der Waals surface area contributed by atoms with Crippen LogP contribution in [-0.2, 0) is 4.79 Å². The molecule has 0 aliphatic carbocycles. The third kappa shape index (κ3) is 3.59. The minimum absolute atomic E-state index is 0.103. The van der Waals surface area contributed by atoms with Gasteiger partial charge in [0, 0.05) is 6.04 Å². The largest absolute Gasteiger partial charge is 0.481 e. The maximum absolute atomic E-state index is 10.7. The van der Waals surface area contributed by atoms with E-state index in [1.165, 1.54) is 0 Å². The third-order valence-corrected chi connectivity index (χ3v) is 3.00. The number of aliphatic carboxylic acids is 1. The first kappa shape index (κ1) is 14.1. The first-order valence-corrected chi connectivity index (χ1v) is 6.37. The summed E-state index contributed by atoms with van der Waals surface area (Å²) in [6.07, 6.45) is -0.103. The van der Waals surface area contributed by atoms with Crippen molar-refractivity contribution in [2.75, 3.05) is 0 Å². The molecule has 0 aromatic heterocycles. The van der Waals surface area contributed by atoms with Gasteiger partial charge in [-0.25, -0.2) is 0 Å². The van der Waals surface area contributed by atoms with Gasteiger partial charge >= 0.3 is 5.97 Å². The zero-order valence-electron chi connectivity index (χ0n) is 11.2. The number of nitrogens with two attached hydrogens (primary N) is 1. The molecule has 0 bridgehead atoms. The van der Waals surface area contributed by atoms with Crippen molar-refractivity contribution >= 4 is 5.97 Å². The summed E-state index contributed by atoms with van der Waals surface area (Å²) in [7, 11) is 0. The molecule has 104 valence electrons. The second kappa shape index (κ2) is 6.21. The lowest BCUT2D eigenvalue weighted by Crippen LogP contribution is -2.14. The summed E-state index contributed by atoms with van der Waals surface area (Å²) in [5, 5.41) is 8.77. The van der Waals surface area contributed by atoms with Crippen LogP contribution < -0.4 is 10.5 Å². The molecule has 0 spiro atoms. The van der Waals surface area contributed by atoms with E-state index in [1.807, 2.05) is 43.3 Å². The Hall–Kier alpha value is -2.33. The average Bonchev–Trinajstić information content (AvgIpc) is 2.41. The van der Waals surface area contributed by atoms with Gasteiger partial charge in [0.15, 0.2) is 0 Å². The fourth-order valence-corrected chi connectivity index (χ4v) is 1.91. The van der Waals surface area contributed by atoms with Crippen LogP contribution in [0.15, 0.2) is 48.5 Å². The molecule has 0 aliphatic rings. The Labute approximate surface area is 117 Å². The summed E-state index contributed by atoms with van der Waals surface area (Å²) >= 11 is 0. The van der Waals surface area contributed by atoms with Crippen LogP contribution in [-0.4, -0.2) is 11.1 Å². The predicted octanol–water partition coefficient (Wildman–Crippen LogP) is 3.26. The molecule has 0 aliphatic heterocycles. The van der Waals surface area contributed by atoms with Crippen LogP contribution >= 0.6 is 0 Å². The van der Waals surface area contributed by atoms with Crippen molar-refractivity contribution in [2.45, 2.75) is 19.4 Å². The summed E-state index contributed by atoms with van der Waals surface area (Å²) in [6.45, 7) is 1.97. The minimum atomic E-state index is -0.914. The van der Waals surface area contributed by atoms with E-state index in [0.29, 0.717) is 5.75 Å². The minimum Gasteiger partial charge on any atom is -0.481 e. The van der Waals surface area contributed by atoms with Gasteiger partial charge < -0.3 is 15.6 Å². The molecular formula is C16H17NO3. The van der Waals surface area contributed by atoms with Crippen LogP contribution in [0.1, 0.15) is 23.6 Å². The fourth-order valence-electron chi connectivity index (χ4n) is 1.91. The Morgan fingerprint density at radius 1 is 1.25 bits per heavy atom. The van der Waals surface area contributed by atoms with Crippen molar-refractivity contribution in [3.63, 3.8) is 0 Å². The summed E-state index contributed by atoms with van der Waals surface area (Å²) < 4.78 is 5.80. The quantitative estimate of drug-likeness (QED) is 0.875. The molecule has 0 saturated carbocycles. The monoisotopic (exact) mass is 271 g/mol. The highest BCUT2D eigenvalue weighted by molar-refractivity contribution is 5.67. The zero-order chi connectivity index (χ0) is 14.5. The second-order valence-corrected chi connectivity index (χ2v) is 4.64. The van der Waals surface area contributed by atoms with Crippen molar-refractivity contribution in [3.05, 3.63) is 59.7 Å². The van der Waals surface area contributed by atoms with Crippen LogP contribution in [0.4, 0.5) is 0 Å². The van der Waals surface area contributed by atoms with Crippen molar-refractivity contribution < 1.29 is 14.6 Å². The normalized spacial score (nSPS) is 11.9. The molecular weight excluding hydrogens is 254 g/mol. The van der Waals surface area contributed by atoms with Crippen molar-refractivity contribution in [1.82, 2.24) is 0 Å². The lowest BCUT2D eigenvalue weighted by Gasteiger charge is -2.12. The van der Waals surface area contributed by atoms with Gasteiger partial charge in [0.2, 0.25) is 0 Å². The fraction of sp³-hybridized carbons (Fsp3) is 0.188. The highest BCUT2D eigenvalue weighted by Crippen LogP contribution is 2.27. The zero-order valence-corrected chi connectivity index (χ0v) is 11.2. The molecule has 0 unspecified atom stereocenters. The van der Waals surface area contributed by atoms with E-state index in [0.717, 1.165) is 16.9 Å². The molecule has 0 amide bonds. The van der Waals surface area contributed by atoms with Gasteiger partial charge in [0.05, 0.1) is 6.42 Å². The summed E-state index contributed by atoms with van der Waals surface area (Å²) in [6, 6.07) is 14.4. The molecule has 0 heterocycles. The number of para-hydroxylation sites is 1. The first-order chi connectivity index (χ1) is 9.56. The number of hydrogen-bond acceptors (Lipinski definition) is 3. The average molecular weight is 271 g/mol. The Balaban J connectivity index is 2.18. The smallest absolute Gasteiger partial charge is 0.305 e. The number of carbonyl (C=O) groups is 1. The molecule has 2 aromatic carbocycles. The van der Waals surface area contributed by atoms with Gasteiger partial charge in [0.25, 0.3) is 0 Å². The van der Waals surface area contributed by atoms with Gasteiger partial charge in [-0.1, -0.05) is 30.3 Å². The van der Waals surface area contributed by atoms with E-state index in [9.17, 15) is 4.79 Å². The van der Waals surface area contributed by atoms with E-state index in [4.69, 9.17) is 15.6 Å². The summed E-state index contributed by atoms with van der Waals surface area (Å²) in [5.74, 6) is 0.511. The van der Waals surface area contributed by atoms with E-state index in [1.54, 1.807) is 12.1 Å². The number of aryl methyl sites for hydroxylation is 1. The van der Waals surface area contributed by atoms with Crippen LogP contribution in [0, 0.1) is 6.92 Å². The van der Waals surface area contributed by atoms with Gasteiger partial charge in [-0.15, -0.1) is 0 Å². The summed E-state index contributed by atoms with van der Waals surface area (Å²) in [5.41, 5.74) is 7.64. The number of rotatable bonds is 5. The Morgan fingerprint density at radius 2 is 2.00 bits per heavy atom. The topological polar surface area (TPSA) is 72.5 Å². The highest BCUT2D eigenvalue weighted by Gasteiger charge is 2.11. The first-order valence-electron chi connectivity index (χ1n) is 6.37. The van der Waals surface area contributed by atoms with Crippen molar-refractivity contribution in [1.29, 1.82) is 0 Å². The van der Waals surface area contributed by atoms with Crippen molar-refractivity contribution in [3.8, 4) is 11.5 Å². The molecule has 0 saturated heterocycles. The van der Waals surface area contributed by atoms with Crippen LogP contribution in [0.3, 0.4) is 0 Å². The number of ether oxygens (including phenoxy) is 1. The molecule has 1 atom stereocenters. The maximum Gasteiger partial charge on any atom is 0.305 e. The molecule has 20 heavy (non-hydrogen) atoms. The standard InChI is InChI=1S/C16H17NO3/c1-11-5-2-3-8-15(11)20-13-7-4-6-12(9-13)14(17)10-16(18)19/h2-9,14H,10,17H2,1H3,(H,18,19)/t14-/m0/s1. The van der Waals surface area contributed by atoms with Crippen LogP contribution in [0.25, 0.3) is 0 Å². The Bertz CT molecular complexity index is 610. The SMILES string of the molecule is Cc1ccccc1Oc1cccc([C@@H](N)CC(=O)O)c1. The molecule has 0 fully saturated rings. The summed E-state index contributed by atoms with van der Waals surface area (Å²) in [4.78, 5) is 10.7. The number of benzene rings is 2. The Morgan fingerprint density at radius 3 is 2.70 bits per heavy atom. The molecule has 4 heteroatoms. The number of carboxylic acids is 1. The van der Waals surface area contributed by atoms with Crippen LogP contribution in [0.2, 0.25) is 0 Å². The van der Waals surface area contributed by atoms with Gasteiger partial charge in [0.1, 0.15) is 11.5 Å². The maximum atomic E-state index is 10.7. The van der Waals surface area contributed by atoms with Gasteiger partial charge in [-0.3, -0.25) is 4.79 Å². The molecule has 2 rings (SSSR count). The predicted molar refractivity (Wildman–Crippen MR) is 76.9 cm³/mol. The van der Waals surface area contributed by atoms with Gasteiger partial charge in [-0.05, 0) is 36.2 Å². The van der Waals surface area contributed by atoms with Gasteiger partial charge in [-0.2, -0.15) is 0 Å². The van der Waals surface area contributed by atoms with E-state index in [2.05, 4.69) is 0 Å². The third-order valence-electron chi connectivity index (χ3n) is 3.00. The molecule has 0 radical (unpaired) electrons. The lowest BCUT2D eigenvalue weighted by molar-refractivity contribution is -0.137. The van der Waals surface area contributed by atoms with E-state index < -0.39 is 12.0 Å². The molecule has 4 nitrogen and oxygen atoms in total. The highest BCUT2D eigenvalue weighted by atomic mass is 16.5. The number of hydrogen-bond donors (Lipinski definition) is 2. The van der Waals surface area contributed by atoms with E-state index in [-0.39, 0.29) is 6.42 Å². The second-order valence-electron chi connectivity index (χ2n) is 4.64. The molecule has 2 aromatic rings.